The number of pyridine rings is 1. The topological polar surface area (TPSA) is 78.8 Å². The second-order valence-electron chi connectivity index (χ2n) is 7.36. The fraction of sp³-hybridized carbons (Fsp3) is 0.524. The van der Waals surface area contributed by atoms with E-state index in [2.05, 4.69) is 20.6 Å². The Labute approximate surface area is 171 Å². The predicted octanol–water partition coefficient (Wildman–Crippen LogP) is 3.43. The van der Waals surface area contributed by atoms with E-state index in [1.807, 2.05) is 35.9 Å². The first-order chi connectivity index (χ1) is 13.6. The number of guanidine groups is 1. The van der Waals surface area contributed by atoms with E-state index in [0.717, 1.165) is 30.5 Å². The van der Waals surface area contributed by atoms with Gasteiger partial charge in [-0.3, -0.25) is 0 Å². The molecule has 0 saturated heterocycles. The molecule has 0 bridgehead atoms. The van der Waals surface area contributed by atoms with Gasteiger partial charge in [-0.1, -0.05) is 0 Å². The first-order valence-corrected chi connectivity index (χ1v) is 10.9. The van der Waals surface area contributed by atoms with Gasteiger partial charge in [0, 0.05) is 18.8 Å². The molecule has 2 heterocycles. The Morgan fingerprint density at radius 3 is 2.89 bits per heavy atom. The molecule has 0 radical (unpaired) electrons. The molecule has 0 aliphatic heterocycles. The van der Waals surface area contributed by atoms with Crippen molar-refractivity contribution in [3.05, 3.63) is 46.3 Å². The number of thiophene rings is 1. The average molecular weight is 403 g/mol. The Bertz CT molecular complexity index is 756. The fourth-order valence-corrected chi connectivity index (χ4v) is 4.01. The van der Waals surface area contributed by atoms with Crippen LogP contribution in [0.3, 0.4) is 0 Å². The van der Waals surface area contributed by atoms with Crippen molar-refractivity contribution in [2.24, 2.45) is 4.99 Å². The summed E-state index contributed by atoms with van der Waals surface area (Å²) in [4.78, 5) is 8.97. The molecule has 6 nitrogen and oxygen atoms in total. The number of nitrogens with zero attached hydrogens (tertiary/aromatic N) is 2. The summed E-state index contributed by atoms with van der Waals surface area (Å²) < 4.78 is 5.98. The molecule has 1 saturated carbocycles. The molecule has 1 aliphatic rings. The van der Waals surface area contributed by atoms with Crippen LogP contribution < -0.4 is 15.4 Å². The molecule has 1 unspecified atom stereocenters. The van der Waals surface area contributed by atoms with Gasteiger partial charge in [0.2, 0.25) is 5.88 Å². The van der Waals surface area contributed by atoms with Gasteiger partial charge in [0.15, 0.2) is 5.96 Å². The summed E-state index contributed by atoms with van der Waals surface area (Å²) in [6.07, 6.45) is 6.77. The lowest BCUT2D eigenvalue weighted by Crippen LogP contribution is -2.44. The molecule has 0 aromatic carbocycles. The number of rotatable bonds is 8. The first-order valence-electron chi connectivity index (χ1n) is 9.95. The molecular formula is C21H30N4O2S. The van der Waals surface area contributed by atoms with Crippen LogP contribution in [0.5, 0.6) is 5.88 Å². The van der Waals surface area contributed by atoms with Gasteiger partial charge < -0.3 is 20.5 Å². The van der Waals surface area contributed by atoms with Gasteiger partial charge in [-0.25, -0.2) is 9.98 Å². The van der Waals surface area contributed by atoms with Crippen molar-refractivity contribution in [2.45, 2.75) is 57.8 Å². The van der Waals surface area contributed by atoms with Gasteiger partial charge in [0.05, 0.1) is 13.1 Å². The molecule has 1 aliphatic carbocycles. The van der Waals surface area contributed by atoms with Crippen molar-refractivity contribution in [2.75, 3.05) is 13.1 Å². The Kier molecular flexibility index (Phi) is 7.28. The third kappa shape index (κ3) is 5.94. The highest BCUT2D eigenvalue weighted by Gasteiger charge is 2.23. The maximum atomic E-state index is 10.7. The van der Waals surface area contributed by atoms with Crippen LogP contribution in [0.25, 0.3) is 0 Å². The van der Waals surface area contributed by atoms with Crippen LogP contribution in [0, 0.1) is 0 Å². The molecule has 1 fully saturated rings. The standard InChI is InChI=1S/C21H30N4O2S/c1-3-22-20(25-15-21(2,26)17-9-11-28-14-17)24-13-16-8-10-23-19(12-16)27-18-6-4-5-7-18/h8-12,14,18,26H,3-7,13,15H2,1-2H3,(H2,22,24,25). The molecule has 1 atom stereocenters. The molecule has 152 valence electrons. The Hall–Kier alpha value is -2.12. The summed E-state index contributed by atoms with van der Waals surface area (Å²) in [7, 11) is 0. The number of hydrogen-bond acceptors (Lipinski definition) is 5. The zero-order chi connectivity index (χ0) is 19.8. The Balaban J connectivity index is 1.59. The third-order valence-electron chi connectivity index (χ3n) is 4.90. The lowest BCUT2D eigenvalue weighted by atomic mass is 9.99. The minimum absolute atomic E-state index is 0.296. The average Bonchev–Trinajstić information content (AvgIpc) is 3.39. The number of aliphatic imine (C=N–C) groups is 1. The molecule has 7 heteroatoms. The van der Waals surface area contributed by atoms with Crippen LogP contribution in [-0.4, -0.2) is 35.2 Å². The summed E-state index contributed by atoms with van der Waals surface area (Å²) >= 11 is 1.58. The van der Waals surface area contributed by atoms with E-state index in [4.69, 9.17) is 4.74 Å². The van der Waals surface area contributed by atoms with Crippen LogP contribution in [0.1, 0.15) is 50.7 Å². The monoisotopic (exact) mass is 402 g/mol. The molecule has 0 amide bonds. The van der Waals surface area contributed by atoms with Crippen molar-refractivity contribution in [3.8, 4) is 5.88 Å². The van der Waals surface area contributed by atoms with E-state index >= 15 is 0 Å². The van der Waals surface area contributed by atoms with Crippen LogP contribution in [-0.2, 0) is 12.1 Å². The zero-order valence-corrected chi connectivity index (χ0v) is 17.5. The SMILES string of the molecule is CCNC(=NCc1ccnc(OC2CCCC2)c1)NCC(C)(O)c1ccsc1. The van der Waals surface area contributed by atoms with Gasteiger partial charge in [-0.2, -0.15) is 11.3 Å². The summed E-state index contributed by atoms with van der Waals surface area (Å²) in [5.41, 5.74) is 1.00. The maximum absolute atomic E-state index is 10.7. The second kappa shape index (κ2) is 9.89. The van der Waals surface area contributed by atoms with E-state index in [-0.39, 0.29) is 0 Å². The van der Waals surface area contributed by atoms with E-state index < -0.39 is 5.60 Å². The van der Waals surface area contributed by atoms with Gasteiger partial charge in [-0.05, 0) is 73.6 Å². The van der Waals surface area contributed by atoms with Crippen LogP contribution in [0.2, 0.25) is 0 Å². The summed E-state index contributed by atoms with van der Waals surface area (Å²) in [6, 6.07) is 5.86. The normalized spacial score (nSPS) is 17.3. The molecule has 2 aromatic heterocycles. The van der Waals surface area contributed by atoms with E-state index in [0.29, 0.717) is 31.0 Å². The van der Waals surface area contributed by atoms with Gasteiger partial charge >= 0.3 is 0 Å². The molecule has 3 rings (SSSR count). The lowest BCUT2D eigenvalue weighted by Gasteiger charge is -2.24. The fourth-order valence-electron chi connectivity index (χ4n) is 3.23. The minimum Gasteiger partial charge on any atom is -0.474 e. The quantitative estimate of drug-likeness (QED) is 0.466. The molecule has 0 spiro atoms. The van der Waals surface area contributed by atoms with Gasteiger partial charge in [0.25, 0.3) is 0 Å². The smallest absolute Gasteiger partial charge is 0.213 e. The molecule has 28 heavy (non-hydrogen) atoms. The second-order valence-corrected chi connectivity index (χ2v) is 8.14. The van der Waals surface area contributed by atoms with Crippen molar-refractivity contribution in [1.29, 1.82) is 0 Å². The Morgan fingerprint density at radius 2 is 2.18 bits per heavy atom. The van der Waals surface area contributed by atoms with Gasteiger partial charge in [-0.15, -0.1) is 0 Å². The van der Waals surface area contributed by atoms with E-state index in [1.165, 1.54) is 12.8 Å². The largest absolute Gasteiger partial charge is 0.474 e. The van der Waals surface area contributed by atoms with Crippen LogP contribution in [0.4, 0.5) is 0 Å². The van der Waals surface area contributed by atoms with Crippen molar-refractivity contribution in [3.63, 3.8) is 0 Å². The van der Waals surface area contributed by atoms with Gasteiger partial charge in [0.1, 0.15) is 11.7 Å². The van der Waals surface area contributed by atoms with Crippen LogP contribution in [0.15, 0.2) is 40.1 Å². The number of nitrogens with one attached hydrogen (secondary N) is 2. The van der Waals surface area contributed by atoms with Crippen molar-refractivity contribution >= 4 is 17.3 Å². The maximum Gasteiger partial charge on any atom is 0.213 e. The van der Waals surface area contributed by atoms with E-state index in [9.17, 15) is 5.11 Å². The molecular weight excluding hydrogens is 372 g/mol. The number of ether oxygens (including phenoxy) is 1. The number of aliphatic hydroxyl groups is 1. The summed E-state index contributed by atoms with van der Waals surface area (Å²) in [5.74, 6) is 1.35. The highest BCUT2D eigenvalue weighted by molar-refractivity contribution is 7.08. The molecule has 2 aromatic rings. The van der Waals surface area contributed by atoms with Crippen molar-refractivity contribution < 1.29 is 9.84 Å². The van der Waals surface area contributed by atoms with E-state index in [1.54, 1.807) is 24.5 Å². The number of aromatic nitrogens is 1. The highest BCUT2D eigenvalue weighted by Crippen LogP contribution is 2.24. The third-order valence-corrected chi connectivity index (χ3v) is 5.58. The molecule has 3 N–H and O–H groups in total. The lowest BCUT2D eigenvalue weighted by molar-refractivity contribution is 0.0621. The highest BCUT2D eigenvalue weighted by atomic mass is 32.1. The summed E-state index contributed by atoms with van der Waals surface area (Å²) in [5, 5.41) is 21.1. The van der Waals surface area contributed by atoms with Crippen LogP contribution >= 0.6 is 11.3 Å². The minimum atomic E-state index is -0.949. The summed E-state index contributed by atoms with van der Waals surface area (Å²) in [6.45, 7) is 5.47. The Morgan fingerprint density at radius 1 is 1.36 bits per heavy atom. The predicted molar refractivity (Wildman–Crippen MR) is 114 cm³/mol. The first kappa shape index (κ1) is 20.6. The number of hydrogen-bond donors (Lipinski definition) is 3. The zero-order valence-electron chi connectivity index (χ0n) is 16.6. The van der Waals surface area contributed by atoms with Crippen molar-refractivity contribution in [1.82, 2.24) is 15.6 Å².